The number of halogens is 2. The Morgan fingerprint density at radius 3 is 2.26 bits per heavy atom. The van der Waals surface area contributed by atoms with Gasteiger partial charge in [-0.05, 0) is 20.8 Å². The highest BCUT2D eigenvalue weighted by Gasteiger charge is 2.27. The van der Waals surface area contributed by atoms with Crippen LogP contribution in [0.5, 0.6) is 0 Å². The van der Waals surface area contributed by atoms with Crippen molar-refractivity contribution in [1.82, 2.24) is 4.98 Å². The average molecular weight is 290 g/mol. The minimum atomic E-state index is -0.930. The third kappa shape index (κ3) is 3.20. The zero-order chi connectivity index (χ0) is 14.6. The van der Waals surface area contributed by atoms with Crippen LogP contribution in [0.3, 0.4) is 0 Å². The fraction of sp³-hybridized carbons (Fsp3) is 0.417. The second kappa shape index (κ2) is 6.47. The summed E-state index contributed by atoms with van der Waals surface area (Å²) in [5, 5.41) is -0.200. The lowest BCUT2D eigenvalue weighted by Gasteiger charge is -2.11. The molecule has 1 aromatic rings. The first-order chi connectivity index (χ1) is 8.93. The van der Waals surface area contributed by atoms with Crippen molar-refractivity contribution in [2.75, 3.05) is 13.2 Å². The Morgan fingerprint density at radius 2 is 1.74 bits per heavy atom. The van der Waals surface area contributed by atoms with Crippen LogP contribution in [0, 0.1) is 12.9 Å². The molecule has 7 heteroatoms. The molecule has 0 saturated heterocycles. The summed E-state index contributed by atoms with van der Waals surface area (Å²) in [5.41, 5.74) is -0.785. The highest BCUT2D eigenvalue weighted by molar-refractivity contribution is 6.35. The third-order valence-corrected chi connectivity index (χ3v) is 2.73. The number of aromatic nitrogens is 1. The molecule has 0 radical (unpaired) electrons. The largest absolute Gasteiger partial charge is 0.462 e. The molecule has 1 aromatic heterocycles. The number of esters is 2. The van der Waals surface area contributed by atoms with Gasteiger partial charge in [-0.25, -0.2) is 14.6 Å². The molecule has 0 aliphatic rings. The predicted molar refractivity (Wildman–Crippen MR) is 65.9 cm³/mol. The van der Waals surface area contributed by atoms with Crippen LogP contribution in [0.1, 0.15) is 40.3 Å². The standard InChI is InChI=1S/C12H13ClFNO4/c1-4-18-11(16)7-8(13)6(3)10(14)15-9(7)12(17)19-5-2/h4-5H2,1-3H3. The van der Waals surface area contributed by atoms with Crippen LogP contribution in [-0.2, 0) is 9.47 Å². The van der Waals surface area contributed by atoms with Crippen LogP contribution in [0.4, 0.5) is 4.39 Å². The predicted octanol–water partition coefficient (Wildman–Crippen LogP) is 2.54. The number of hydrogen-bond donors (Lipinski definition) is 0. The number of ether oxygens (including phenoxy) is 2. The zero-order valence-corrected chi connectivity index (χ0v) is 11.5. The van der Waals surface area contributed by atoms with Crippen molar-refractivity contribution >= 4 is 23.5 Å². The average Bonchev–Trinajstić information content (AvgIpc) is 2.35. The molecule has 0 aliphatic heterocycles. The molecule has 0 aromatic carbocycles. The van der Waals surface area contributed by atoms with Crippen LogP contribution >= 0.6 is 11.6 Å². The topological polar surface area (TPSA) is 65.5 Å². The summed E-state index contributed by atoms with van der Waals surface area (Å²) >= 11 is 5.89. The van der Waals surface area contributed by atoms with Gasteiger partial charge in [-0.2, -0.15) is 4.39 Å². The van der Waals surface area contributed by atoms with Gasteiger partial charge in [-0.1, -0.05) is 11.6 Å². The van der Waals surface area contributed by atoms with E-state index in [4.69, 9.17) is 21.1 Å². The molecule has 0 N–H and O–H groups in total. The first kappa shape index (κ1) is 15.4. The summed E-state index contributed by atoms with van der Waals surface area (Å²) in [6, 6.07) is 0. The minimum Gasteiger partial charge on any atom is -0.462 e. The SMILES string of the molecule is CCOC(=O)c1nc(F)c(C)c(Cl)c1C(=O)OCC. The Balaban J connectivity index is 3.43. The van der Waals surface area contributed by atoms with Crippen molar-refractivity contribution in [2.45, 2.75) is 20.8 Å². The van der Waals surface area contributed by atoms with E-state index in [-0.39, 0.29) is 29.4 Å². The normalized spacial score (nSPS) is 10.2. The molecule has 19 heavy (non-hydrogen) atoms. The van der Waals surface area contributed by atoms with Gasteiger partial charge in [0.1, 0.15) is 5.56 Å². The van der Waals surface area contributed by atoms with Crippen molar-refractivity contribution < 1.29 is 23.5 Å². The van der Waals surface area contributed by atoms with E-state index in [9.17, 15) is 14.0 Å². The monoisotopic (exact) mass is 289 g/mol. The van der Waals surface area contributed by atoms with Gasteiger partial charge in [0.05, 0.1) is 18.2 Å². The Labute approximate surface area is 114 Å². The molecule has 0 unspecified atom stereocenters. The van der Waals surface area contributed by atoms with Crippen molar-refractivity contribution in [3.63, 3.8) is 0 Å². The summed E-state index contributed by atoms with van der Waals surface area (Å²) in [7, 11) is 0. The summed E-state index contributed by atoms with van der Waals surface area (Å²) in [6.45, 7) is 4.68. The fourth-order valence-electron chi connectivity index (χ4n) is 1.36. The van der Waals surface area contributed by atoms with E-state index >= 15 is 0 Å². The van der Waals surface area contributed by atoms with Gasteiger partial charge in [0, 0.05) is 5.56 Å². The molecule has 0 atom stereocenters. The van der Waals surface area contributed by atoms with Gasteiger partial charge >= 0.3 is 11.9 Å². The molecule has 104 valence electrons. The Bertz CT molecular complexity index is 519. The van der Waals surface area contributed by atoms with Gasteiger partial charge in [0.15, 0.2) is 5.69 Å². The lowest BCUT2D eigenvalue weighted by Crippen LogP contribution is -2.18. The van der Waals surface area contributed by atoms with Crippen LogP contribution < -0.4 is 0 Å². The maximum absolute atomic E-state index is 13.5. The summed E-state index contributed by atoms with van der Waals surface area (Å²) in [5.74, 6) is -2.70. The maximum atomic E-state index is 13.5. The van der Waals surface area contributed by atoms with Crippen LogP contribution in [0.15, 0.2) is 0 Å². The Hall–Kier alpha value is -1.69. The maximum Gasteiger partial charge on any atom is 0.357 e. The molecule has 0 bridgehead atoms. The van der Waals surface area contributed by atoms with E-state index in [0.29, 0.717) is 0 Å². The summed E-state index contributed by atoms with van der Waals surface area (Å²) in [4.78, 5) is 26.9. The summed E-state index contributed by atoms with van der Waals surface area (Å²) < 4.78 is 23.0. The minimum absolute atomic E-state index is 0.0298. The lowest BCUT2D eigenvalue weighted by molar-refractivity contribution is 0.0472. The quantitative estimate of drug-likeness (QED) is 0.629. The number of hydrogen-bond acceptors (Lipinski definition) is 5. The van der Waals surface area contributed by atoms with E-state index in [0.717, 1.165) is 0 Å². The second-order valence-electron chi connectivity index (χ2n) is 3.51. The highest BCUT2D eigenvalue weighted by Crippen LogP contribution is 2.26. The summed E-state index contributed by atoms with van der Waals surface area (Å²) in [6.07, 6.45) is 0. The van der Waals surface area contributed by atoms with Gasteiger partial charge < -0.3 is 9.47 Å². The zero-order valence-electron chi connectivity index (χ0n) is 10.8. The van der Waals surface area contributed by atoms with Crippen LogP contribution in [0.2, 0.25) is 5.02 Å². The number of rotatable bonds is 4. The smallest absolute Gasteiger partial charge is 0.357 e. The molecular weight excluding hydrogens is 277 g/mol. The molecule has 0 aliphatic carbocycles. The van der Waals surface area contributed by atoms with Gasteiger partial charge in [-0.3, -0.25) is 0 Å². The number of carbonyl (C=O) groups is 2. The van der Waals surface area contributed by atoms with E-state index in [2.05, 4.69) is 4.98 Å². The number of nitrogens with zero attached hydrogens (tertiary/aromatic N) is 1. The first-order valence-electron chi connectivity index (χ1n) is 5.63. The van der Waals surface area contributed by atoms with Gasteiger partial charge in [-0.15, -0.1) is 0 Å². The lowest BCUT2D eigenvalue weighted by atomic mass is 10.1. The fourth-order valence-corrected chi connectivity index (χ4v) is 1.60. The van der Waals surface area contributed by atoms with E-state index < -0.39 is 23.6 Å². The van der Waals surface area contributed by atoms with Crippen molar-refractivity contribution in [3.8, 4) is 0 Å². The Kier molecular flexibility index (Phi) is 5.23. The molecular formula is C12H13ClFNO4. The van der Waals surface area contributed by atoms with E-state index in [1.807, 2.05) is 0 Å². The molecule has 0 fully saturated rings. The highest BCUT2D eigenvalue weighted by atomic mass is 35.5. The molecule has 0 amide bonds. The number of carbonyl (C=O) groups excluding carboxylic acids is 2. The Morgan fingerprint density at radius 1 is 1.21 bits per heavy atom. The van der Waals surface area contributed by atoms with E-state index in [1.54, 1.807) is 13.8 Å². The van der Waals surface area contributed by atoms with E-state index in [1.165, 1.54) is 6.92 Å². The molecule has 5 nitrogen and oxygen atoms in total. The first-order valence-corrected chi connectivity index (χ1v) is 6.01. The third-order valence-electron chi connectivity index (χ3n) is 2.25. The second-order valence-corrected chi connectivity index (χ2v) is 3.88. The molecule has 1 rings (SSSR count). The van der Waals surface area contributed by atoms with Crippen LogP contribution in [0.25, 0.3) is 0 Å². The van der Waals surface area contributed by atoms with Gasteiger partial charge in [0.25, 0.3) is 0 Å². The van der Waals surface area contributed by atoms with Gasteiger partial charge in [0.2, 0.25) is 5.95 Å². The van der Waals surface area contributed by atoms with Crippen molar-refractivity contribution in [3.05, 3.63) is 27.8 Å². The van der Waals surface area contributed by atoms with Crippen molar-refractivity contribution in [2.24, 2.45) is 0 Å². The van der Waals surface area contributed by atoms with Crippen molar-refractivity contribution in [1.29, 1.82) is 0 Å². The molecule has 0 spiro atoms. The molecule has 1 heterocycles. The van der Waals surface area contributed by atoms with Crippen LogP contribution in [-0.4, -0.2) is 30.1 Å². The molecule has 0 saturated carbocycles. The number of pyridine rings is 1.